The lowest BCUT2D eigenvalue weighted by Gasteiger charge is -2.33. The van der Waals surface area contributed by atoms with Crippen LogP contribution in [0.2, 0.25) is 0 Å². The molecular weight excluding hydrogens is 262 g/mol. The number of hydrogen-bond acceptors (Lipinski definition) is 3. The SMILES string of the molecule is CCCNCc1ccc(N2CCC(NC(C)=O)CC2)cc1. The summed E-state index contributed by atoms with van der Waals surface area (Å²) in [6.07, 6.45) is 3.22. The Bertz CT molecular complexity index is 436. The van der Waals surface area contributed by atoms with Crippen molar-refractivity contribution in [3.63, 3.8) is 0 Å². The number of benzene rings is 1. The highest BCUT2D eigenvalue weighted by Crippen LogP contribution is 2.20. The van der Waals surface area contributed by atoms with Crippen LogP contribution < -0.4 is 15.5 Å². The van der Waals surface area contributed by atoms with E-state index in [1.807, 2.05) is 0 Å². The molecular formula is C17H27N3O. The molecule has 1 amide bonds. The fourth-order valence-corrected chi connectivity index (χ4v) is 2.80. The second kappa shape index (κ2) is 8.03. The van der Waals surface area contributed by atoms with Crippen LogP contribution in [0.5, 0.6) is 0 Å². The molecule has 1 aliphatic rings. The number of rotatable bonds is 6. The molecule has 0 saturated carbocycles. The molecule has 1 fully saturated rings. The van der Waals surface area contributed by atoms with Crippen LogP contribution in [-0.2, 0) is 11.3 Å². The van der Waals surface area contributed by atoms with Crippen molar-refractivity contribution in [2.24, 2.45) is 0 Å². The van der Waals surface area contributed by atoms with Gasteiger partial charge in [-0.3, -0.25) is 4.79 Å². The molecule has 116 valence electrons. The van der Waals surface area contributed by atoms with E-state index in [1.54, 1.807) is 6.92 Å². The molecule has 1 aromatic rings. The average Bonchev–Trinajstić information content (AvgIpc) is 2.49. The van der Waals surface area contributed by atoms with Gasteiger partial charge >= 0.3 is 0 Å². The predicted octanol–water partition coefficient (Wildman–Crippen LogP) is 2.29. The lowest BCUT2D eigenvalue weighted by molar-refractivity contribution is -0.119. The second-order valence-corrected chi connectivity index (χ2v) is 5.81. The second-order valence-electron chi connectivity index (χ2n) is 5.81. The van der Waals surface area contributed by atoms with E-state index in [9.17, 15) is 4.79 Å². The molecule has 1 aliphatic heterocycles. The Hall–Kier alpha value is -1.55. The molecule has 0 radical (unpaired) electrons. The smallest absolute Gasteiger partial charge is 0.217 e. The summed E-state index contributed by atoms with van der Waals surface area (Å²) in [4.78, 5) is 13.5. The molecule has 0 aromatic heterocycles. The Morgan fingerprint density at radius 2 is 1.90 bits per heavy atom. The molecule has 2 N–H and O–H groups in total. The van der Waals surface area contributed by atoms with E-state index >= 15 is 0 Å². The van der Waals surface area contributed by atoms with Crippen LogP contribution in [0.4, 0.5) is 5.69 Å². The molecule has 1 aromatic carbocycles. The molecule has 1 saturated heterocycles. The predicted molar refractivity (Wildman–Crippen MR) is 87.5 cm³/mol. The van der Waals surface area contributed by atoms with E-state index in [2.05, 4.69) is 46.7 Å². The first kappa shape index (κ1) is 15.8. The summed E-state index contributed by atoms with van der Waals surface area (Å²) in [5.74, 6) is 0.0809. The van der Waals surface area contributed by atoms with Crippen molar-refractivity contribution in [1.82, 2.24) is 10.6 Å². The molecule has 4 nitrogen and oxygen atoms in total. The van der Waals surface area contributed by atoms with E-state index in [4.69, 9.17) is 0 Å². The van der Waals surface area contributed by atoms with Crippen molar-refractivity contribution in [3.8, 4) is 0 Å². The fraction of sp³-hybridized carbons (Fsp3) is 0.588. The van der Waals surface area contributed by atoms with Gasteiger partial charge in [0.1, 0.15) is 0 Å². The quantitative estimate of drug-likeness (QED) is 0.790. The molecule has 0 atom stereocenters. The third-order valence-corrected chi connectivity index (χ3v) is 3.96. The molecule has 2 rings (SSSR count). The number of carbonyl (C=O) groups is 1. The van der Waals surface area contributed by atoms with Gasteiger partial charge in [-0.15, -0.1) is 0 Å². The van der Waals surface area contributed by atoms with Crippen LogP contribution in [0.15, 0.2) is 24.3 Å². The van der Waals surface area contributed by atoms with Gasteiger partial charge in [0.25, 0.3) is 0 Å². The van der Waals surface area contributed by atoms with Crippen LogP contribution in [0, 0.1) is 0 Å². The normalized spacial score (nSPS) is 16.0. The van der Waals surface area contributed by atoms with Gasteiger partial charge in [0.2, 0.25) is 5.91 Å². The number of hydrogen-bond donors (Lipinski definition) is 2. The van der Waals surface area contributed by atoms with Gasteiger partial charge in [0, 0.05) is 38.3 Å². The Kier molecular flexibility index (Phi) is 6.05. The molecule has 0 unspecified atom stereocenters. The zero-order valence-electron chi connectivity index (χ0n) is 13.2. The van der Waals surface area contributed by atoms with E-state index in [-0.39, 0.29) is 5.91 Å². The van der Waals surface area contributed by atoms with Gasteiger partial charge in [-0.1, -0.05) is 19.1 Å². The minimum absolute atomic E-state index is 0.0809. The standard InChI is InChI=1S/C17H27N3O/c1-3-10-18-13-15-4-6-17(7-5-15)20-11-8-16(9-12-20)19-14(2)21/h4-7,16,18H,3,8-13H2,1-2H3,(H,19,21). The Labute approximate surface area is 127 Å². The Balaban J connectivity index is 1.81. The molecule has 1 heterocycles. The van der Waals surface area contributed by atoms with Crippen LogP contribution in [0.1, 0.15) is 38.7 Å². The lowest BCUT2D eigenvalue weighted by atomic mass is 10.0. The summed E-state index contributed by atoms with van der Waals surface area (Å²) in [5, 5.41) is 6.44. The first-order chi connectivity index (χ1) is 10.2. The maximum Gasteiger partial charge on any atom is 0.217 e. The molecule has 0 bridgehead atoms. The number of nitrogens with zero attached hydrogens (tertiary/aromatic N) is 1. The number of carbonyl (C=O) groups excluding carboxylic acids is 1. The van der Waals surface area contributed by atoms with Crippen molar-refractivity contribution in [2.45, 2.75) is 45.7 Å². The van der Waals surface area contributed by atoms with Crippen molar-refractivity contribution in [1.29, 1.82) is 0 Å². The third kappa shape index (κ3) is 5.05. The van der Waals surface area contributed by atoms with Crippen LogP contribution >= 0.6 is 0 Å². The minimum atomic E-state index is 0.0809. The summed E-state index contributed by atoms with van der Waals surface area (Å²) < 4.78 is 0. The average molecular weight is 289 g/mol. The molecule has 21 heavy (non-hydrogen) atoms. The van der Waals surface area contributed by atoms with Gasteiger partial charge < -0.3 is 15.5 Å². The topological polar surface area (TPSA) is 44.4 Å². The van der Waals surface area contributed by atoms with Gasteiger partial charge in [-0.25, -0.2) is 0 Å². The maximum absolute atomic E-state index is 11.1. The summed E-state index contributed by atoms with van der Waals surface area (Å²) >= 11 is 0. The zero-order chi connectivity index (χ0) is 15.1. The largest absolute Gasteiger partial charge is 0.371 e. The minimum Gasteiger partial charge on any atom is -0.371 e. The lowest BCUT2D eigenvalue weighted by Crippen LogP contribution is -2.44. The van der Waals surface area contributed by atoms with E-state index in [0.717, 1.165) is 39.0 Å². The van der Waals surface area contributed by atoms with Crippen molar-refractivity contribution < 1.29 is 4.79 Å². The summed E-state index contributed by atoms with van der Waals surface area (Å²) in [6.45, 7) is 7.81. The van der Waals surface area contributed by atoms with Crippen LogP contribution in [0.3, 0.4) is 0 Å². The Morgan fingerprint density at radius 1 is 1.24 bits per heavy atom. The first-order valence-electron chi connectivity index (χ1n) is 8.00. The number of anilines is 1. The van der Waals surface area contributed by atoms with Crippen molar-refractivity contribution in [2.75, 3.05) is 24.5 Å². The highest BCUT2D eigenvalue weighted by molar-refractivity contribution is 5.73. The number of amides is 1. The summed E-state index contributed by atoms with van der Waals surface area (Å²) in [6, 6.07) is 9.18. The van der Waals surface area contributed by atoms with Gasteiger partial charge in [0.15, 0.2) is 0 Å². The van der Waals surface area contributed by atoms with E-state index < -0.39 is 0 Å². The van der Waals surface area contributed by atoms with Crippen LogP contribution in [0.25, 0.3) is 0 Å². The molecule has 0 spiro atoms. The van der Waals surface area contributed by atoms with Gasteiger partial charge in [-0.2, -0.15) is 0 Å². The maximum atomic E-state index is 11.1. The summed E-state index contributed by atoms with van der Waals surface area (Å²) in [7, 11) is 0. The van der Waals surface area contributed by atoms with Crippen LogP contribution in [-0.4, -0.2) is 31.6 Å². The number of piperidine rings is 1. The van der Waals surface area contributed by atoms with Gasteiger partial charge in [-0.05, 0) is 43.5 Å². The fourth-order valence-electron chi connectivity index (χ4n) is 2.80. The van der Waals surface area contributed by atoms with Gasteiger partial charge in [0.05, 0.1) is 0 Å². The molecule has 4 heteroatoms. The first-order valence-corrected chi connectivity index (χ1v) is 8.00. The Morgan fingerprint density at radius 3 is 2.48 bits per heavy atom. The number of nitrogens with one attached hydrogen (secondary N) is 2. The van der Waals surface area contributed by atoms with Crippen molar-refractivity contribution >= 4 is 11.6 Å². The van der Waals surface area contributed by atoms with E-state index in [1.165, 1.54) is 17.7 Å². The van der Waals surface area contributed by atoms with Crippen molar-refractivity contribution in [3.05, 3.63) is 29.8 Å². The van der Waals surface area contributed by atoms with E-state index in [0.29, 0.717) is 6.04 Å². The highest BCUT2D eigenvalue weighted by atomic mass is 16.1. The monoisotopic (exact) mass is 289 g/mol. The third-order valence-electron chi connectivity index (χ3n) is 3.96. The molecule has 0 aliphatic carbocycles. The highest BCUT2D eigenvalue weighted by Gasteiger charge is 2.19. The summed E-state index contributed by atoms with van der Waals surface area (Å²) in [5.41, 5.74) is 2.62. The zero-order valence-corrected chi connectivity index (χ0v) is 13.2.